The molecule has 1 amide bonds. The van der Waals surface area contributed by atoms with Gasteiger partial charge in [0.2, 0.25) is 5.91 Å². The monoisotopic (exact) mass is 311 g/mol. The van der Waals surface area contributed by atoms with Gasteiger partial charge in [-0.25, -0.2) is 0 Å². The van der Waals surface area contributed by atoms with Gasteiger partial charge in [-0.05, 0) is 50.6 Å². The molecule has 0 aromatic heterocycles. The fraction of sp³-hybridized carbons (Fsp3) is 0.875. The maximum Gasteiger partial charge on any atom is 0.232 e. The first-order valence-corrected chi connectivity index (χ1v) is 8.70. The van der Waals surface area contributed by atoms with Gasteiger partial charge in [0.05, 0.1) is 10.9 Å². The van der Waals surface area contributed by atoms with Gasteiger partial charge in [0.1, 0.15) is 0 Å². The van der Waals surface area contributed by atoms with Crippen molar-refractivity contribution in [2.24, 2.45) is 23.5 Å². The summed E-state index contributed by atoms with van der Waals surface area (Å²) in [7, 11) is 0. The molecule has 2 heterocycles. The molecule has 0 radical (unpaired) electrons. The van der Waals surface area contributed by atoms with Crippen molar-refractivity contribution in [1.82, 2.24) is 9.80 Å². The van der Waals surface area contributed by atoms with Crippen LogP contribution in [0.25, 0.3) is 0 Å². The van der Waals surface area contributed by atoms with Crippen molar-refractivity contribution in [3.05, 3.63) is 0 Å². The zero-order valence-corrected chi connectivity index (χ0v) is 14.2. The third-order valence-electron chi connectivity index (χ3n) is 4.88. The van der Waals surface area contributed by atoms with Crippen LogP contribution in [0.5, 0.6) is 0 Å². The molecule has 2 rings (SSSR count). The standard InChI is InChI=1S/C16H29N3OS/c1-12(2)14(15(17)21)16(20)19-9-5-13(6-10-19)11-18-7-3-4-8-18/h12-14H,3-11H2,1-2H3,(H2,17,21). The predicted molar refractivity (Wildman–Crippen MR) is 90.1 cm³/mol. The molecule has 2 aliphatic heterocycles. The van der Waals surface area contributed by atoms with Gasteiger partial charge in [-0.3, -0.25) is 4.79 Å². The molecular formula is C16H29N3OS. The molecule has 4 nitrogen and oxygen atoms in total. The Labute approximate surface area is 134 Å². The Hall–Kier alpha value is -0.680. The number of carbonyl (C=O) groups is 1. The highest BCUT2D eigenvalue weighted by Gasteiger charge is 2.32. The second-order valence-corrected chi connectivity index (χ2v) is 7.37. The second-order valence-electron chi connectivity index (χ2n) is 6.90. The molecule has 0 bridgehead atoms. The van der Waals surface area contributed by atoms with E-state index < -0.39 is 0 Å². The normalized spacial score (nSPS) is 22.7. The molecule has 2 aliphatic rings. The summed E-state index contributed by atoms with van der Waals surface area (Å²) in [5.74, 6) is 0.763. The Balaban J connectivity index is 1.82. The first-order valence-electron chi connectivity index (χ1n) is 8.29. The van der Waals surface area contributed by atoms with Crippen LogP contribution in [-0.2, 0) is 4.79 Å². The van der Waals surface area contributed by atoms with Crippen LogP contribution in [0, 0.1) is 17.8 Å². The highest BCUT2D eigenvalue weighted by atomic mass is 32.1. The summed E-state index contributed by atoms with van der Waals surface area (Å²) < 4.78 is 0. The van der Waals surface area contributed by atoms with Gasteiger partial charge >= 0.3 is 0 Å². The number of hydrogen-bond donors (Lipinski definition) is 1. The van der Waals surface area contributed by atoms with Gasteiger partial charge in [0.25, 0.3) is 0 Å². The molecule has 2 fully saturated rings. The second kappa shape index (κ2) is 7.54. The molecule has 0 aromatic carbocycles. The molecule has 21 heavy (non-hydrogen) atoms. The number of rotatable bonds is 5. The lowest BCUT2D eigenvalue weighted by Gasteiger charge is -2.36. The molecule has 120 valence electrons. The minimum absolute atomic E-state index is 0.136. The lowest BCUT2D eigenvalue weighted by atomic mass is 9.91. The lowest BCUT2D eigenvalue weighted by Crippen LogP contribution is -2.47. The Bertz CT molecular complexity index is 372. The van der Waals surface area contributed by atoms with Crippen LogP contribution in [0.3, 0.4) is 0 Å². The Morgan fingerprint density at radius 1 is 1.19 bits per heavy atom. The van der Waals surface area contributed by atoms with Gasteiger partial charge in [-0.1, -0.05) is 26.1 Å². The molecule has 2 N–H and O–H groups in total. The third-order valence-corrected chi connectivity index (χ3v) is 5.13. The predicted octanol–water partition coefficient (Wildman–Crippen LogP) is 1.88. The number of hydrogen-bond acceptors (Lipinski definition) is 3. The molecule has 0 saturated carbocycles. The average Bonchev–Trinajstić information content (AvgIpc) is 2.91. The van der Waals surface area contributed by atoms with Crippen LogP contribution in [0.15, 0.2) is 0 Å². The number of amides is 1. The van der Waals surface area contributed by atoms with E-state index in [1.165, 1.54) is 32.5 Å². The highest BCUT2D eigenvalue weighted by molar-refractivity contribution is 7.80. The number of likely N-dealkylation sites (tertiary alicyclic amines) is 2. The van der Waals surface area contributed by atoms with Crippen LogP contribution in [0.1, 0.15) is 39.5 Å². The van der Waals surface area contributed by atoms with Crippen molar-refractivity contribution in [3.63, 3.8) is 0 Å². The van der Waals surface area contributed by atoms with Crippen molar-refractivity contribution >= 4 is 23.1 Å². The average molecular weight is 311 g/mol. The maximum absolute atomic E-state index is 12.6. The number of thiocarbonyl (C=S) groups is 1. The minimum atomic E-state index is -0.296. The first-order chi connectivity index (χ1) is 9.99. The van der Waals surface area contributed by atoms with E-state index >= 15 is 0 Å². The smallest absolute Gasteiger partial charge is 0.232 e. The van der Waals surface area contributed by atoms with Crippen LogP contribution < -0.4 is 5.73 Å². The van der Waals surface area contributed by atoms with Crippen molar-refractivity contribution in [3.8, 4) is 0 Å². The summed E-state index contributed by atoms with van der Waals surface area (Å²) in [4.78, 5) is 17.5. The van der Waals surface area contributed by atoms with Crippen molar-refractivity contribution in [2.75, 3.05) is 32.7 Å². The van der Waals surface area contributed by atoms with E-state index in [1.54, 1.807) is 0 Å². The molecule has 0 aromatic rings. The minimum Gasteiger partial charge on any atom is -0.393 e. The SMILES string of the molecule is CC(C)C(C(=O)N1CCC(CN2CCCC2)CC1)C(N)=S. The number of nitrogens with two attached hydrogens (primary N) is 1. The first kappa shape index (κ1) is 16.7. The van der Waals surface area contributed by atoms with Crippen LogP contribution in [0.4, 0.5) is 0 Å². The summed E-state index contributed by atoms with van der Waals surface area (Å²) in [5.41, 5.74) is 5.76. The Morgan fingerprint density at radius 2 is 1.76 bits per heavy atom. The molecule has 0 aliphatic carbocycles. The topological polar surface area (TPSA) is 49.6 Å². The van der Waals surface area contributed by atoms with E-state index in [-0.39, 0.29) is 17.7 Å². The Kier molecular flexibility index (Phi) is 5.99. The van der Waals surface area contributed by atoms with E-state index in [1.807, 2.05) is 18.7 Å². The largest absolute Gasteiger partial charge is 0.393 e. The van der Waals surface area contributed by atoms with E-state index in [0.29, 0.717) is 4.99 Å². The van der Waals surface area contributed by atoms with Crippen LogP contribution in [-0.4, -0.2) is 53.4 Å². The van der Waals surface area contributed by atoms with Gasteiger partial charge in [-0.2, -0.15) is 0 Å². The fourth-order valence-corrected chi connectivity index (χ4v) is 3.97. The summed E-state index contributed by atoms with van der Waals surface area (Å²) in [6, 6.07) is 0. The Morgan fingerprint density at radius 3 is 2.24 bits per heavy atom. The zero-order chi connectivity index (χ0) is 15.4. The van der Waals surface area contributed by atoms with Crippen molar-refractivity contribution in [1.29, 1.82) is 0 Å². The summed E-state index contributed by atoms with van der Waals surface area (Å²) in [6.07, 6.45) is 4.93. The van der Waals surface area contributed by atoms with E-state index in [9.17, 15) is 4.79 Å². The van der Waals surface area contributed by atoms with Crippen LogP contribution >= 0.6 is 12.2 Å². The molecule has 1 unspecified atom stereocenters. The highest BCUT2D eigenvalue weighted by Crippen LogP contribution is 2.23. The quantitative estimate of drug-likeness (QED) is 0.788. The van der Waals surface area contributed by atoms with Crippen molar-refractivity contribution < 1.29 is 4.79 Å². The maximum atomic E-state index is 12.6. The number of nitrogens with zero attached hydrogens (tertiary/aromatic N) is 2. The molecule has 5 heteroatoms. The fourth-order valence-electron chi connectivity index (χ4n) is 3.60. The van der Waals surface area contributed by atoms with E-state index in [2.05, 4.69) is 4.90 Å². The number of piperidine rings is 1. The third kappa shape index (κ3) is 4.39. The van der Waals surface area contributed by atoms with Gasteiger partial charge in [0, 0.05) is 19.6 Å². The van der Waals surface area contributed by atoms with Gasteiger partial charge in [-0.15, -0.1) is 0 Å². The lowest BCUT2D eigenvalue weighted by molar-refractivity contribution is -0.135. The van der Waals surface area contributed by atoms with E-state index in [0.717, 1.165) is 31.8 Å². The number of carbonyl (C=O) groups excluding carboxylic acids is 1. The van der Waals surface area contributed by atoms with E-state index in [4.69, 9.17) is 18.0 Å². The van der Waals surface area contributed by atoms with Gasteiger partial charge < -0.3 is 15.5 Å². The molecule has 2 saturated heterocycles. The van der Waals surface area contributed by atoms with Gasteiger partial charge in [0.15, 0.2) is 0 Å². The molecule has 1 atom stereocenters. The summed E-state index contributed by atoms with van der Waals surface area (Å²) in [6.45, 7) is 9.49. The molecule has 0 spiro atoms. The van der Waals surface area contributed by atoms with Crippen molar-refractivity contribution in [2.45, 2.75) is 39.5 Å². The molecular weight excluding hydrogens is 282 g/mol. The van der Waals surface area contributed by atoms with Crippen LogP contribution in [0.2, 0.25) is 0 Å². The summed E-state index contributed by atoms with van der Waals surface area (Å²) >= 11 is 5.08. The zero-order valence-electron chi connectivity index (χ0n) is 13.4. The summed E-state index contributed by atoms with van der Waals surface area (Å²) in [5, 5.41) is 0.